The van der Waals surface area contributed by atoms with Crippen LogP contribution in [-0.2, 0) is 4.79 Å². The van der Waals surface area contributed by atoms with Crippen LogP contribution in [0.25, 0.3) is 0 Å². The van der Waals surface area contributed by atoms with Crippen molar-refractivity contribution in [3.63, 3.8) is 0 Å². The molecule has 0 aliphatic rings. The van der Waals surface area contributed by atoms with E-state index in [2.05, 4.69) is 6.58 Å². The van der Waals surface area contributed by atoms with Crippen LogP contribution < -0.4 is 0 Å². The molecule has 1 amide bonds. The number of carbonyl (C=O) groups is 1. The lowest BCUT2D eigenvalue weighted by Crippen LogP contribution is -2.30. The summed E-state index contributed by atoms with van der Waals surface area (Å²) in [5.41, 5.74) is 0. The molecular formula is C9H17NO. The number of likely N-dealkylation sites (N-methyl/N-ethyl adjacent to an activating group) is 1. The zero-order chi connectivity index (χ0) is 8.69. The maximum absolute atomic E-state index is 11.2. The second kappa shape index (κ2) is 5.96. The molecule has 0 saturated carbocycles. The highest BCUT2D eigenvalue weighted by atomic mass is 16.2. The smallest absolute Gasteiger partial charge is 0.222 e. The van der Waals surface area contributed by atoms with E-state index in [-0.39, 0.29) is 5.91 Å². The highest BCUT2D eigenvalue weighted by molar-refractivity contribution is 5.76. The summed E-state index contributed by atoms with van der Waals surface area (Å²) in [7, 11) is 0. The van der Waals surface area contributed by atoms with Gasteiger partial charge in [-0.05, 0) is 13.3 Å². The minimum absolute atomic E-state index is 0.231. The second-order valence-electron chi connectivity index (χ2n) is 2.47. The Morgan fingerprint density at radius 2 is 2.18 bits per heavy atom. The lowest BCUT2D eigenvalue weighted by atomic mass is 10.3. The van der Waals surface area contributed by atoms with Gasteiger partial charge in [0.2, 0.25) is 5.91 Å². The van der Waals surface area contributed by atoms with Crippen LogP contribution in [0, 0.1) is 0 Å². The Bertz CT molecular complexity index is 132. The first-order valence-corrected chi connectivity index (χ1v) is 4.14. The first-order valence-electron chi connectivity index (χ1n) is 4.14. The van der Waals surface area contributed by atoms with E-state index in [4.69, 9.17) is 0 Å². The molecule has 0 aliphatic carbocycles. The van der Waals surface area contributed by atoms with Crippen LogP contribution in [0.4, 0.5) is 0 Å². The highest BCUT2D eigenvalue weighted by Crippen LogP contribution is 1.96. The molecule has 0 bridgehead atoms. The quantitative estimate of drug-likeness (QED) is 0.554. The van der Waals surface area contributed by atoms with Crippen molar-refractivity contribution >= 4 is 5.91 Å². The van der Waals surface area contributed by atoms with Crippen LogP contribution in [-0.4, -0.2) is 23.9 Å². The Kier molecular flexibility index (Phi) is 5.53. The summed E-state index contributed by atoms with van der Waals surface area (Å²) in [6, 6.07) is 0. The molecule has 0 radical (unpaired) electrons. The minimum atomic E-state index is 0.231. The van der Waals surface area contributed by atoms with Crippen molar-refractivity contribution < 1.29 is 4.79 Å². The molecule has 0 aromatic heterocycles. The van der Waals surface area contributed by atoms with Crippen LogP contribution in [0.15, 0.2) is 12.7 Å². The molecule has 0 atom stereocenters. The first-order chi connectivity index (χ1) is 5.26. The first kappa shape index (κ1) is 10.2. The van der Waals surface area contributed by atoms with Crippen molar-refractivity contribution in [2.75, 3.05) is 13.1 Å². The maximum atomic E-state index is 11.2. The number of rotatable bonds is 5. The number of amides is 1. The molecule has 0 N–H and O–H groups in total. The fraction of sp³-hybridized carbons (Fsp3) is 0.667. The van der Waals surface area contributed by atoms with Crippen molar-refractivity contribution in [1.82, 2.24) is 4.90 Å². The summed E-state index contributed by atoms with van der Waals surface area (Å²) in [6.07, 6.45) is 3.34. The highest BCUT2D eigenvalue weighted by Gasteiger charge is 2.06. The van der Waals surface area contributed by atoms with Gasteiger partial charge in [-0.2, -0.15) is 0 Å². The number of carbonyl (C=O) groups excluding carboxylic acids is 1. The van der Waals surface area contributed by atoms with Gasteiger partial charge in [0.05, 0.1) is 0 Å². The molecule has 0 spiro atoms. The molecule has 2 nitrogen and oxygen atoms in total. The van der Waals surface area contributed by atoms with Crippen molar-refractivity contribution in [2.45, 2.75) is 26.7 Å². The Morgan fingerprint density at radius 3 is 2.55 bits per heavy atom. The predicted octanol–water partition coefficient (Wildman–Crippen LogP) is 1.82. The Labute approximate surface area is 68.9 Å². The Hall–Kier alpha value is -0.790. The molecule has 0 saturated heterocycles. The summed E-state index contributed by atoms with van der Waals surface area (Å²) in [4.78, 5) is 13.0. The van der Waals surface area contributed by atoms with Crippen LogP contribution in [0.2, 0.25) is 0 Å². The number of nitrogens with zero attached hydrogens (tertiary/aromatic N) is 1. The molecule has 0 heterocycles. The van der Waals surface area contributed by atoms with Crippen LogP contribution >= 0.6 is 0 Å². The van der Waals surface area contributed by atoms with Gasteiger partial charge in [0, 0.05) is 19.5 Å². The Morgan fingerprint density at radius 1 is 1.55 bits per heavy atom. The third kappa shape index (κ3) is 3.81. The van der Waals surface area contributed by atoms with Gasteiger partial charge in [0.25, 0.3) is 0 Å². The van der Waals surface area contributed by atoms with Crippen LogP contribution in [0.1, 0.15) is 26.7 Å². The third-order valence-corrected chi connectivity index (χ3v) is 1.55. The number of hydrogen-bond donors (Lipinski definition) is 0. The van der Waals surface area contributed by atoms with Gasteiger partial charge in [-0.3, -0.25) is 4.79 Å². The van der Waals surface area contributed by atoms with E-state index < -0.39 is 0 Å². The summed E-state index contributed by atoms with van der Waals surface area (Å²) < 4.78 is 0. The Balaban J connectivity index is 3.80. The van der Waals surface area contributed by atoms with E-state index in [0.717, 1.165) is 13.0 Å². The standard InChI is InChI=1S/C9H17NO/c1-4-7-9(11)10(6-3)8-5-2/h5H,2,4,6-8H2,1,3H3. The summed E-state index contributed by atoms with van der Waals surface area (Å²) in [5.74, 6) is 0.231. The van der Waals surface area contributed by atoms with E-state index in [1.807, 2.05) is 13.8 Å². The molecule has 2 heteroatoms. The van der Waals surface area contributed by atoms with E-state index in [0.29, 0.717) is 13.0 Å². The topological polar surface area (TPSA) is 20.3 Å². The minimum Gasteiger partial charge on any atom is -0.339 e. The molecule has 11 heavy (non-hydrogen) atoms. The summed E-state index contributed by atoms with van der Waals surface area (Å²) in [6.45, 7) is 9.05. The molecule has 0 aromatic carbocycles. The maximum Gasteiger partial charge on any atom is 0.222 e. The van der Waals surface area contributed by atoms with Crippen LogP contribution in [0.5, 0.6) is 0 Å². The molecular weight excluding hydrogens is 138 g/mol. The van der Waals surface area contributed by atoms with Gasteiger partial charge in [0.15, 0.2) is 0 Å². The lowest BCUT2D eigenvalue weighted by molar-refractivity contribution is -0.130. The number of hydrogen-bond acceptors (Lipinski definition) is 1. The zero-order valence-corrected chi connectivity index (χ0v) is 7.47. The van der Waals surface area contributed by atoms with E-state index in [1.165, 1.54) is 0 Å². The van der Waals surface area contributed by atoms with Gasteiger partial charge >= 0.3 is 0 Å². The monoisotopic (exact) mass is 155 g/mol. The van der Waals surface area contributed by atoms with Gasteiger partial charge < -0.3 is 4.90 Å². The second-order valence-corrected chi connectivity index (χ2v) is 2.47. The van der Waals surface area contributed by atoms with E-state index >= 15 is 0 Å². The molecule has 0 fully saturated rings. The van der Waals surface area contributed by atoms with E-state index in [1.54, 1.807) is 11.0 Å². The summed E-state index contributed by atoms with van der Waals surface area (Å²) in [5, 5.41) is 0. The average molecular weight is 155 g/mol. The fourth-order valence-electron chi connectivity index (χ4n) is 0.935. The van der Waals surface area contributed by atoms with Gasteiger partial charge in [0.1, 0.15) is 0 Å². The lowest BCUT2D eigenvalue weighted by Gasteiger charge is -2.18. The van der Waals surface area contributed by atoms with Crippen molar-refractivity contribution in [1.29, 1.82) is 0 Å². The third-order valence-electron chi connectivity index (χ3n) is 1.55. The predicted molar refractivity (Wildman–Crippen MR) is 47.4 cm³/mol. The van der Waals surface area contributed by atoms with Gasteiger partial charge in [-0.15, -0.1) is 6.58 Å². The van der Waals surface area contributed by atoms with E-state index in [9.17, 15) is 4.79 Å². The van der Waals surface area contributed by atoms with Crippen LogP contribution in [0.3, 0.4) is 0 Å². The largest absolute Gasteiger partial charge is 0.339 e. The van der Waals surface area contributed by atoms with Crippen molar-refractivity contribution in [2.24, 2.45) is 0 Å². The van der Waals surface area contributed by atoms with Gasteiger partial charge in [-0.1, -0.05) is 13.0 Å². The normalized spacial score (nSPS) is 9.27. The average Bonchev–Trinajstić information content (AvgIpc) is 2.00. The van der Waals surface area contributed by atoms with Gasteiger partial charge in [-0.25, -0.2) is 0 Å². The molecule has 0 unspecified atom stereocenters. The molecule has 0 aliphatic heterocycles. The fourth-order valence-corrected chi connectivity index (χ4v) is 0.935. The van der Waals surface area contributed by atoms with Crippen molar-refractivity contribution in [3.05, 3.63) is 12.7 Å². The van der Waals surface area contributed by atoms with Crippen molar-refractivity contribution in [3.8, 4) is 0 Å². The molecule has 64 valence electrons. The molecule has 0 rings (SSSR count). The zero-order valence-electron chi connectivity index (χ0n) is 7.47. The molecule has 0 aromatic rings. The summed E-state index contributed by atoms with van der Waals surface area (Å²) >= 11 is 0. The SMILES string of the molecule is C=CCN(CC)C(=O)CCC.